The molecule has 1 aromatic carbocycles. The minimum absolute atomic E-state index is 0.00188. The molecule has 0 aromatic heterocycles. The molecule has 1 aliphatic carbocycles. The lowest BCUT2D eigenvalue weighted by Crippen LogP contribution is -2.46. The molecule has 2 aliphatic rings. The molecular weight excluding hydrogens is 398 g/mol. The van der Waals surface area contributed by atoms with E-state index in [2.05, 4.69) is 45.9 Å². The number of carboxylic acids is 1. The zero-order valence-electron chi connectivity index (χ0n) is 18.6. The van der Waals surface area contributed by atoms with E-state index in [1.54, 1.807) is 4.90 Å². The molecule has 30 heavy (non-hydrogen) atoms. The fourth-order valence-corrected chi connectivity index (χ4v) is 5.17. The zero-order valence-corrected chi connectivity index (χ0v) is 19.4. The number of halogens is 1. The van der Waals surface area contributed by atoms with Crippen LogP contribution in [0.5, 0.6) is 0 Å². The summed E-state index contributed by atoms with van der Waals surface area (Å²) >= 11 is 6.71. The van der Waals surface area contributed by atoms with Gasteiger partial charge in [0.1, 0.15) is 0 Å². The van der Waals surface area contributed by atoms with Gasteiger partial charge >= 0.3 is 5.97 Å². The van der Waals surface area contributed by atoms with Gasteiger partial charge in [0.2, 0.25) is 5.91 Å². The van der Waals surface area contributed by atoms with Crippen molar-refractivity contribution in [3.05, 3.63) is 46.1 Å². The van der Waals surface area contributed by atoms with Gasteiger partial charge in [0.05, 0.1) is 6.42 Å². The highest BCUT2D eigenvalue weighted by Gasteiger charge is 2.46. The number of hydrogen-bond acceptors (Lipinski definition) is 2. The van der Waals surface area contributed by atoms with E-state index < -0.39 is 5.97 Å². The van der Waals surface area contributed by atoms with Gasteiger partial charge in [-0.15, -0.1) is 0 Å². The first kappa shape index (κ1) is 22.9. The quantitative estimate of drug-likeness (QED) is 0.603. The van der Waals surface area contributed by atoms with Crippen LogP contribution in [0, 0.1) is 11.3 Å². The monoisotopic (exact) mass is 431 g/mol. The number of benzene rings is 1. The lowest BCUT2D eigenvalue weighted by atomic mass is 9.60. The van der Waals surface area contributed by atoms with Gasteiger partial charge < -0.3 is 10.0 Å². The maximum Gasteiger partial charge on any atom is 0.305 e. The highest BCUT2D eigenvalue weighted by Crippen LogP contribution is 2.51. The van der Waals surface area contributed by atoms with Crippen molar-refractivity contribution in [3.63, 3.8) is 0 Å². The van der Waals surface area contributed by atoms with E-state index in [1.165, 1.54) is 5.57 Å². The van der Waals surface area contributed by atoms with Crippen LogP contribution >= 0.6 is 11.6 Å². The van der Waals surface area contributed by atoms with Gasteiger partial charge in [0.25, 0.3) is 0 Å². The van der Waals surface area contributed by atoms with Crippen LogP contribution < -0.4 is 0 Å². The Labute approximate surface area is 185 Å². The van der Waals surface area contributed by atoms with Crippen LogP contribution in [0.25, 0.3) is 0 Å². The first-order chi connectivity index (χ1) is 14.0. The lowest BCUT2D eigenvalue weighted by molar-refractivity contribution is -0.138. The van der Waals surface area contributed by atoms with Gasteiger partial charge in [0, 0.05) is 29.6 Å². The third kappa shape index (κ3) is 4.91. The van der Waals surface area contributed by atoms with Gasteiger partial charge in [-0.1, -0.05) is 57.8 Å². The second kappa shape index (κ2) is 8.74. The standard InChI is InChI=1S/C25H34ClNO3/c1-17-6-5-11-25(15-22(28)27(16-20(17)25)13-10-23(29)30)19-8-7-18(21(26)14-19)9-12-24(2,3)4/h7-8,14,16-17H,5-6,9-13,15H2,1-4H3,(H,29,30). The second-order valence-electron chi connectivity index (χ2n) is 10.2. The van der Waals surface area contributed by atoms with Gasteiger partial charge in [-0.25, -0.2) is 0 Å². The molecule has 1 N–H and O–H groups in total. The van der Waals surface area contributed by atoms with Gasteiger partial charge in [0.15, 0.2) is 0 Å². The zero-order chi connectivity index (χ0) is 22.1. The molecule has 5 heteroatoms. The Kier molecular flexibility index (Phi) is 6.66. The summed E-state index contributed by atoms with van der Waals surface area (Å²) in [5.74, 6) is -0.520. The molecule has 1 saturated carbocycles. The van der Waals surface area contributed by atoms with E-state index in [4.69, 9.17) is 16.7 Å². The molecule has 164 valence electrons. The van der Waals surface area contributed by atoms with Crippen molar-refractivity contribution in [2.24, 2.45) is 11.3 Å². The molecule has 0 radical (unpaired) electrons. The predicted molar refractivity (Wildman–Crippen MR) is 121 cm³/mol. The SMILES string of the molecule is CC1CCCC2(c3ccc(CCC(C)(C)C)c(Cl)c3)CC(=O)N(CCC(=O)O)C=C12. The van der Waals surface area contributed by atoms with E-state index in [0.29, 0.717) is 12.3 Å². The Bertz CT molecular complexity index is 854. The Morgan fingerprint density at radius 2 is 2.07 bits per heavy atom. The molecule has 2 atom stereocenters. The third-order valence-electron chi connectivity index (χ3n) is 6.71. The van der Waals surface area contributed by atoms with Crippen LogP contribution in [0.4, 0.5) is 0 Å². The number of fused-ring (bicyclic) bond motifs is 1. The number of carboxylic acid groups (broad SMARTS) is 1. The van der Waals surface area contributed by atoms with E-state index >= 15 is 0 Å². The van der Waals surface area contributed by atoms with Crippen LogP contribution in [0.1, 0.15) is 77.3 Å². The van der Waals surface area contributed by atoms with E-state index in [0.717, 1.165) is 48.3 Å². The summed E-state index contributed by atoms with van der Waals surface area (Å²) in [6.45, 7) is 9.15. The van der Waals surface area contributed by atoms with E-state index in [9.17, 15) is 9.59 Å². The maximum absolute atomic E-state index is 13.0. The Balaban J connectivity index is 1.94. The van der Waals surface area contributed by atoms with Crippen LogP contribution in [-0.2, 0) is 21.4 Å². The summed E-state index contributed by atoms with van der Waals surface area (Å²) in [4.78, 5) is 25.6. The minimum Gasteiger partial charge on any atom is -0.481 e. The van der Waals surface area contributed by atoms with Crippen molar-refractivity contribution in [3.8, 4) is 0 Å². The molecule has 0 saturated heterocycles. The summed E-state index contributed by atoms with van der Waals surface area (Å²) in [6, 6.07) is 6.37. The molecule has 0 spiro atoms. The molecule has 1 aromatic rings. The predicted octanol–water partition coefficient (Wildman–Crippen LogP) is 5.97. The van der Waals surface area contributed by atoms with Crippen molar-refractivity contribution in [1.29, 1.82) is 0 Å². The van der Waals surface area contributed by atoms with Crippen molar-refractivity contribution >= 4 is 23.5 Å². The summed E-state index contributed by atoms with van der Waals surface area (Å²) in [7, 11) is 0. The number of nitrogens with zero attached hydrogens (tertiary/aromatic N) is 1. The smallest absolute Gasteiger partial charge is 0.305 e. The minimum atomic E-state index is -0.882. The van der Waals surface area contributed by atoms with Crippen molar-refractivity contribution < 1.29 is 14.7 Å². The second-order valence-corrected chi connectivity index (χ2v) is 10.6. The topological polar surface area (TPSA) is 57.6 Å². The Morgan fingerprint density at radius 1 is 1.33 bits per heavy atom. The largest absolute Gasteiger partial charge is 0.481 e. The molecule has 0 bridgehead atoms. The van der Waals surface area contributed by atoms with Crippen molar-refractivity contribution in [1.82, 2.24) is 4.90 Å². The average Bonchev–Trinajstić information content (AvgIpc) is 2.65. The third-order valence-corrected chi connectivity index (χ3v) is 7.06. The number of hydrogen-bond donors (Lipinski definition) is 1. The highest BCUT2D eigenvalue weighted by atomic mass is 35.5. The highest BCUT2D eigenvalue weighted by molar-refractivity contribution is 6.31. The van der Waals surface area contributed by atoms with Gasteiger partial charge in [-0.3, -0.25) is 9.59 Å². The van der Waals surface area contributed by atoms with Crippen molar-refractivity contribution in [2.45, 2.75) is 78.1 Å². The number of carbonyl (C=O) groups is 2. The number of aryl methyl sites for hydroxylation is 1. The fraction of sp³-hybridized carbons (Fsp3) is 0.600. The van der Waals surface area contributed by atoms with Gasteiger partial charge in [-0.05, 0) is 59.8 Å². The Hall–Kier alpha value is -1.81. The van der Waals surface area contributed by atoms with Crippen LogP contribution in [0.2, 0.25) is 5.02 Å². The number of aliphatic carboxylic acids is 1. The number of allylic oxidation sites excluding steroid dienone is 1. The van der Waals surface area contributed by atoms with E-state index in [1.807, 2.05) is 6.20 Å². The molecule has 1 amide bonds. The first-order valence-electron chi connectivity index (χ1n) is 11.0. The lowest BCUT2D eigenvalue weighted by Gasteiger charge is -2.47. The number of amides is 1. The molecule has 2 unspecified atom stereocenters. The molecule has 3 rings (SSSR count). The van der Waals surface area contributed by atoms with E-state index in [-0.39, 0.29) is 29.7 Å². The first-order valence-corrected chi connectivity index (χ1v) is 11.4. The van der Waals surface area contributed by atoms with Crippen LogP contribution in [0.15, 0.2) is 30.0 Å². The summed E-state index contributed by atoms with van der Waals surface area (Å²) in [6.07, 6.45) is 7.40. The number of carbonyl (C=O) groups excluding carboxylic acids is 1. The molecular formula is C25H34ClNO3. The Morgan fingerprint density at radius 3 is 2.70 bits per heavy atom. The maximum atomic E-state index is 13.0. The van der Waals surface area contributed by atoms with Crippen LogP contribution in [0.3, 0.4) is 0 Å². The van der Waals surface area contributed by atoms with Gasteiger partial charge in [-0.2, -0.15) is 0 Å². The summed E-state index contributed by atoms with van der Waals surface area (Å²) in [5.41, 5.74) is 3.46. The molecule has 4 nitrogen and oxygen atoms in total. The average molecular weight is 432 g/mol. The summed E-state index contributed by atoms with van der Waals surface area (Å²) in [5, 5.41) is 9.80. The molecule has 1 fully saturated rings. The normalized spacial score (nSPS) is 24.4. The molecule has 1 aliphatic heterocycles. The van der Waals surface area contributed by atoms with Crippen LogP contribution in [-0.4, -0.2) is 28.4 Å². The van der Waals surface area contributed by atoms with Crippen molar-refractivity contribution in [2.75, 3.05) is 6.54 Å². The summed E-state index contributed by atoms with van der Waals surface area (Å²) < 4.78 is 0. The molecule has 1 heterocycles. The fourth-order valence-electron chi connectivity index (χ4n) is 4.90. The number of rotatable bonds is 6.